The van der Waals surface area contributed by atoms with Gasteiger partial charge in [-0.1, -0.05) is 12.1 Å². The molecule has 0 bridgehead atoms. The molecule has 1 fully saturated rings. The highest BCUT2D eigenvalue weighted by Gasteiger charge is 2.30. The summed E-state index contributed by atoms with van der Waals surface area (Å²) in [6.45, 7) is 1.65. The largest absolute Gasteiger partial charge is 0.416 e. The number of aliphatic hydroxyl groups is 1. The smallest absolute Gasteiger partial charge is 0.388 e. The Kier molecular flexibility index (Phi) is 3.92. The van der Waals surface area contributed by atoms with E-state index in [0.717, 1.165) is 31.5 Å². The molecule has 1 aliphatic rings. The van der Waals surface area contributed by atoms with Gasteiger partial charge in [-0.25, -0.2) is 0 Å². The monoisotopic (exact) mass is 259 g/mol. The summed E-state index contributed by atoms with van der Waals surface area (Å²) in [5.41, 5.74) is -0.128. The van der Waals surface area contributed by atoms with Gasteiger partial charge in [0.15, 0.2) is 0 Å². The second-order valence-electron chi connectivity index (χ2n) is 4.67. The van der Waals surface area contributed by atoms with Gasteiger partial charge in [0.2, 0.25) is 0 Å². The quantitative estimate of drug-likeness (QED) is 0.856. The van der Waals surface area contributed by atoms with Gasteiger partial charge < -0.3 is 10.4 Å². The number of nitrogens with one attached hydrogen (secondary N) is 1. The molecule has 2 rings (SSSR count). The highest BCUT2D eigenvalue weighted by Crippen LogP contribution is 2.32. The average Bonchev–Trinajstić information content (AvgIpc) is 2.38. The molecular weight excluding hydrogens is 243 g/mol. The van der Waals surface area contributed by atoms with E-state index in [1.54, 1.807) is 0 Å². The minimum absolute atomic E-state index is 0.0792. The van der Waals surface area contributed by atoms with Crippen LogP contribution in [0, 0.1) is 5.92 Å². The normalized spacial score (nSPS) is 22.8. The summed E-state index contributed by atoms with van der Waals surface area (Å²) in [5.74, 6) is 0.0792. The van der Waals surface area contributed by atoms with Crippen molar-refractivity contribution in [2.24, 2.45) is 5.92 Å². The van der Waals surface area contributed by atoms with Gasteiger partial charge in [0.25, 0.3) is 0 Å². The molecule has 1 aromatic rings. The molecule has 0 spiro atoms. The van der Waals surface area contributed by atoms with Gasteiger partial charge in [-0.15, -0.1) is 0 Å². The van der Waals surface area contributed by atoms with Crippen molar-refractivity contribution in [1.82, 2.24) is 5.32 Å². The lowest BCUT2D eigenvalue weighted by molar-refractivity contribution is -0.137. The van der Waals surface area contributed by atoms with E-state index >= 15 is 0 Å². The zero-order chi connectivity index (χ0) is 13.2. The molecule has 2 nitrogen and oxygen atoms in total. The van der Waals surface area contributed by atoms with Crippen molar-refractivity contribution in [3.05, 3.63) is 35.4 Å². The van der Waals surface area contributed by atoms with Crippen LogP contribution in [0.1, 0.15) is 30.1 Å². The zero-order valence-corrected chi connectivity index (χ0v) is 9.87. The molecule has 0 aromatic heterocycles. The van der Waals surface area contributed by atoms with Gasteiger partial charge in [0.05, 0.1) is 11.7 Å². The molecule has 1 aromatic carbocycles. The van der Waals surface area contributed by atoms with Crippen LogP contribution < -0.4 is 5.32 Å². The summed E-state index contributed by atoms with van der Waals surface area (Å²) in [4.78, 5) is 0. The van der Waals surface area contributed by atoms with Crippen molar-refractivity contribution >= 4 is 0 Å². The van der Waals surface area contributed by atoms with Crippen LogP contribution in [-0.4, -0.2) is 18.2 Å². The van der Waals surface area contributed by atoms with Crippen molar-refractivity contribution in [1.29, 1.82) is 0 Å². The topological polar surface area (TPSA) is 32.3 Å². The molecule has 0 radical (unpaired) electrons. The van der Waals surface area contributed by atoms with Crippen molar-refractivity contribution in [2.45, 2.75) is 25.1 Å². The van der Waals surface area contributed by atoms with Crippen molar-refractivity contribution in [3.8, 4) is 0 Å². The summed E-state index contributed by atoms with van der Waals surface area (Å²) >= 11 is 0. The van der Waals surface area contributed by atoms with Crippen molar-refractivity contribution in [3.63, 3.8) is 0 Å². The molecule has 2 unspecified atom stereocenters. The molecule has 100 valence electrons. The van der Waals surface area contributed by atoms with E-state index in [-0.39, 0.29) is 5.92 Å². The van der Waals surface area contributed by atoms with E-state index in [1.807, 2.05) is 0 Å². The third-order valence-corrected chi connectivity index (χ3v) is 3.36. The molecule has 2 atom stereocenters. The van der Waals surface area contributed by atoms with Gasteiger partial charge in [0, 0.05) is 12.5 Å². The van der Waals surface area contributed by atoms with Gasteiger partial charge in [-0.2, -0.15) is 13.2 Å². The van der Waals surface area contributed by atoms with Crippen LogP contribution in [0.5, 0.6) is 0 Å². The third-order valence-electron chi connectivity index (χ3n) is 3.36. The first-order valence-corrected chi connectivity index (χ1v) is 6.04. The molecule has 1 saturated heterocycles. The van der Waals surface area contributed by atoms with Crippen molar-refractivity contribution in [2.75, 3.05) is 13.1 Å². The van der Waals surface area contributed by atoms with Crippen LogP contribution in [0.3, 0.4) is 0 Å². The molecular formula is C13H16F3NO. The Hall–Kier alpha value is -1.07. The first kappa shape index (κ1) is 13.4. The fourth-order valence-corrected chi connectivity index (χ4v) is 2.29. The van der Waals surface area contributed by atoms with Gasteiger partial charge in [-0.05, 0) is 37.1 Å². The summed E-state index contributed by atoms with van der Waals surface area (Å²) in [5, 5.41) is 13.3. The predicted octanol–water partition coefficient (Wildman–Crippen LogP) is 2.74. The Morgan fingerprint density at radius 1 is 1.22 bits per heavy atom. The molecule has 0 amide bonds. The van der Waals surface area contributed by atoms with E-state index in [1.165, 1.54) is 12.1 Å². The first-order chi connectivity index (χ1) is 8.48. The Morgan fingerprint density at radius 2 is 1.89 bits per heavy atom. The number of halogens is 3. The molecule has 2 N–H and O–H groups in total. The summed E-state index contributed by atoms with van der Waals surface area (Å²) < 4.78 is 37.2. The Bertz CT molecular complexity index is 382. The fourth-order valence-electron chi connectivity index (χ4n) is 2.29. The lowest BCUT2D eigenvalue weighted by Gasteiger charge is -2.27. The van der Waals surface area contributed by atoms with Crippen LogP contribution in [0.2, 0.25) is 0 Å². The Labute approximate surface area is 104 Å². The lowest BCUT2D eigenvalue weighted by atomic mass is 9.89. The minimum atomic E-state index is -4.32. The molecule has 1 heterocycles. The standard InChI is InChI=1S/C13H16F3NO/c14-13(15,16)11-5-3-9(4-6-11)12(18)10-2-1-7-17-8-10/h3-6,10,12,17-18H,1-2,7-8H2. The number of aliphatic hydroxyl groups excluding tert-OH is 1. The number of hydrogen-bond donors (Lipinski definition) is 2. The second kappa shape index (κ2) is 5.28. The summed E-state index contributed by atoms with van der Waals surface area (Å²) in [7, 11) is 0. The summed E-state index contributed by atoms with van der Waals surface area (Å²) in [6, 6.07) is 4.77. The number of alkyl halides is 3. The van der Waals surface area contributed by atoms with E-state index in [2.05, 4.69) is 5.32 Å². The van der Waals surface area contributed by atoms with E-state index in [4.69, 9.17) is 0 Å². The zero-order valence-electron chi connectivity index (χ0n) is 9.87. The minimum Gasteiger partial charge on any atom is -0.388 e. The molecule has 18 heavy (non-hydrogen) atoms. The van der Waals surface area contributed by atoms with Crippen LogP contribution in [-0.2, 0) is 6.18 Å². The number of piperidine rings is 1. The van der Waals surface area contributed by atoms with Crippen LogP contribution in [0.15, 0.2) is 24.3 Å². The Balaban J connectivity index is 2.09. The van der Waals surface area contributed by atoms with Gasteiger partial charge in [-0.3, -0.25) is 0 Å². The van der Waals surface area contributed by atoms with Crippen LogP contribution in [0.25, 0.3) is 0 Å². The third kappa shape index (κ3) is 3.03. The highest BCUT2D eigenvalue weighted by molar-refractivity contribution is 5.26. The van der Waals surface area contributed by atoms with E-state index < -0.39 is 17.8 Å². The van der Waals surface area contributed by atoms with Crippen molar-refractivity contribution < 1.29 is 18.3 Å². The second-order valence-corrected chi connectivity index (χ2v) is 4.67. The van der Waals surface area contributed by atoms with Gasteiger partial charge >= 0.3 is 6.18 Å². The number of benzene rings is 1. The average molecular weight is 259 g/mol. The molecule has 1 aliphatic heterocycles. The maximum absolute atomic E-state index is 12.4. The predicted molar refractivity (Wildman–Crippen MR) is 62.0 cm³/mol. The van der Waals surface area contributed by atoms with Crippen LogP contribution >= 0.6 is 0 Å². The van der Waals surface area contributed by atoms with E-state index in [9.17, 15) is 18.3 Å². The Morgan fingerprint density at radius 3 is 2.39 bits per heavy atom. The molecule has 0 saturated carbocycles. The maximum Gasteiger partial charge on any atom is 0.416 e. The maximum atomic E-state index is 12.4. The fraction of sp³-hybridized carbons (Fsp3) is 0.538. The van der Waals surface area contributed by atoms with Crippen LogP contribution in [0.4, 0.5) is 13.2 Å². The summed E-state index contributed by atoms with van der Waals surface area (Å²) in [6.07, 6.45) is -3.13. The number of rotatable bonds is 2. The highest BCUT2D eigenvalue weighted by atomic mass is 19.4. The first-order valence-electron chi connectivity index (χ1n) is 6.04. The number of hydrogen-bond acceptors (Lipinski definition) is 2. The van der Waals surface area contributed by atoms with E-state index in [0.29, 0.717) is 12.1 Å². The molecule has 5 heteroatoms. The van der Waals surface area contributed by atoms with Gasteiger partial charge in [0.1, 0.15) is 0 Å². The SMILES string of the molecule is OC(c1ccc(C(F)(F)F)cc1)C1CCCNC1. The lowest BCUT2D eigenvalue weighted by Crippen LogP contribution is -2.33. The molecule has 0 aliphatic carbocycles.